The summed E-state index contributed by atoms with van der Waals surface area (Å²) in [5.74, 6) is -0.598. The van der Waals surface area contributed by atoms with Crippen LogP contribution in [0.3, 0.4) is 0 Å². The van der Waals surface area contributed by atoms with Crippen molar-refractivity contribution in [3.05, 3.63) is 57.8 Å². The summed E-state index contributed by atoms with van der Waals surface area (Å²) in [4.78, 5) is 39.7. The largest absolute Gasteiger partial charge is 0.381 e. The Kier molecular flexibility index (Phi) is 5.78. The molecule has 0 radical (unpaired) electrons. The van der Waals surface area contributed by atoms with E-state index in [-0.39, 0.29) is 36.1 Å². The van der Waals surface area contributed by atoms with Crippen LogP contribution in [0.1, 0.15) is 51.3 Å². The van der Waals surface area contributed by atoms with E-state index in [9.17, 15) is 14.4 Å². The first-order chi connectivity index (χ1) is 14.1. The minimum atomic E-state index is -0.273. The Morgan fingerprint density at radius 1 is 1.07 bits per heavy atom. The number of amides is 3. The number of nitrogens with zero attached hydrogens (tertiary/aromatic N) is 1. The molecule has 0 atom stereocenters. The minimum absolute atomic E-state index is 0.0518. The van der Waals surface area contributed by atoms with E-state index in [0.717, 1.165) is 12.8 Å². The molecule has 3 heterocycles. The molecule has 1 aromatic heterocycles. The van der Waals surface area contributed by atoms with Gasteiger partial charge in [0.15, 0.2) is 0 Å². The molecular weight excluding hydrogens is 388 g/mol. The summed E-state index contributed by atoms with van der Waals surface area (Å²) in [6.45, 7) is 2.24. The van der Waals surface area contributed by atoms with Crippen LogP contribution >= 0.6 is 11.3 Å². The monoisotopic (exact) mass is 412 g/mol. The molecule has 7 heteroatoms. The fourth-order valence-electron chi connectivity index (χ4n) is 4.05. The summed E-state index contributed by atoms with van der Waals surface area (Å²) in [5.41, 5.74) is 0.823. The molecule has 0 aliphatic carbocycles. The quantitative estimate of drug-likeness (QED) is 0.710. The van der Waals surface area contributed by atoms with Crippen molar-refractivity contribution >= 4 is 29.1 Å². The Morgan fingerprint density at radius 3 is 2.38 bits per heavy atom. The van der Waals surface area contributed by atoms with Crippen LogP contribution in [0, 0.1) is 0 Å². The number of thiophene rings is 1. The zero-order valence-corrected chi connectivity index (χ0v) is 17.0. The smallest absolute Gasteiger partial charge is 0.261 e. The third-order valence-electron chi connectivity index (χ3n) is 5.78. The van der Waals surface area contributed by atoms with Gasteiger partial charge in [-0.05, 0) is 42.8 Å². The van der Waals surface area contributed by atoms with Crippen LogP contribution in [0.25, 0.3) is 0 Å². The summed E-state index contributed by atoms with van der Waals surface area (Å²) in [5, 5.41) is 5.14. The number of fused-ring (bicyclic) bond motifs is 1. The Hall–Kier alpha value is -2.51. The predicted molar refractivity (Wildman–Crippen MR) is 110 cm³/mol. The van der Waals surface area contributed by atoms with Gasteiger partial charge in [-0.15, -0.1) is 11.3 Å². The van der Waals surface area contributed by atoms with Crippen LogP contribution in [0.2, 0.25) is 0 Å². The van der Waals surface area contributed by atoms with Gasteiger partial charge in [0.1, 0.15) is 0 Å². The number of nitrogens with one attached hydrogen (secondary N) is 1. The fraction of sp³-hybridized carbons (Fsp3) is 0.409. The molecule has 1 aromatic carbocycles. The molecule has 2 aliphatic heterocycles. The molecule has 0 saturated carbocycles. The van der Waals surface area contributed by atoms with Gasteiger partial charge < -0.3 is 10.1 Å². The molecule has 0 spiro atoms. The van der Waals surface area contributed by atoms with Gasteiger partial charge >= 0.3 is 0 Å². The number of ether oxygens (including phenoxy) is 1. The van der Waals surface area contributed by atoms with Crippen molar-refractivity contribution in [3.8, 4) is 0 Å². The maximum atomic E-state index is 12.4. The van der Waals surface area contributed by atoms with E-state index in [0.29, 0.717) is 37.3 Å². The van der Waals surface area contributed by atoms with Crippen molar-refractivity contribution in [1.82, 2.24) is 10.2 Å². The van der Waals surface area contributed by atoms with Gasteiger partial charge in [-0.25, -0.2) is 0 Å². The molecule has 6 nitrogen and oxygen atoms in total. The van der Waals surface area contributed by atoms with E-state index >= 15 is 0 Å². The number of carbonyl (C=O) groups excluding carboxylic acids is 3. The summed E-state index contributed by atoms with van der Waals surface area (Å²) in [6, 6.07) is 11.0. The summed E-state index contributed by atoms with van der Waals surface area (Å²) >= 11 is 1.72. The second kappa shape index (κ2) is 8.47. The van der Waals surface area contributed by atoms with Crippen LogP contribution in [-0.4, -0.2) is 48.9 Å². The van der Waals surface area contributed by atoms with Crippen molar-refractivity contribution < 1.29 is 19.1 Å². The molecule has 152 valence electrons. The van der Waals surface area contributed by atoms with Crippen molar-refractivity contribution in [2.75, 3.05) is 26.3 Å². The Bertz CT molecular complexity index is 868. The minimum Gasteiger partial charge on any atom is -0.381 e. The molecule has 0 bridgehead atoms. The number of rotatable bonds is 7. The van der Waals surface area contributed by atoms with E-state index < -0.39 is 0 Å². The average Bonchev–Trinajstić information content (AvgIpc) is 3.37. The lowest BCUT2D eigenvalue weighted by Crippen LogP contribution is -2.44. The molecule has 1 saturated heterocycles. The maximum Gasteiger partial charge on any atom is 0.261 e. The molecule has 2 aliphatic rings. The maximum absolute atomic E-state index is 12.4. The normalized spacial score (nSPS) is 18.0. The first-order valence-electron chi connectivity index (χ1n) is 9.94. The lowest BCUT2D eigenvalue weighted by Gasteiger charge is -2.36. The number of hydrogen-bond acceptors (Lipinski definition) is 5. The molecule has 3 amide bonds. The summed E-state index contributed by atoms with van der Waals surface area (Å²) in [6.07, 6.45) is 2.52. The zero-order valence-electron chi connectivity index (χ0n) is 16.2. The number of imide groups is 1. The lowest BCUT2D eigenvalue weighted by atomic mass is 9.78. The van der Waals surface area contributed by atoms with Crippen LogP contribution in [0.5, 0.6) is 0 Å². The van der Waals surface area contributed by atoms with Gasteiger partial charge in [-0.2, -0.15) is 0 Å². The topological polar surface area (TPSA) is 75.7 Å². The molecule has 4 rings (SSSR count). The first-order valence-corrected chi connectivity index (χ1v) is 10.8. The Balaban J connectivity index is 1.28. The number of carbonyl (C=O) groups is 3. The van der Waals surface area contributed by atoms with Gasteiger partial charge in [-0.1, -0.05) is 18.2 Å². The van der Waals surface area contributed by atoms with Gasteiger partial charge in [0.2, 0.25) is 5.91 Å². The SMILES string of the molecule is O=C(CCCN1C(=O)c2ccccc2C1=O)NCC1(c2cccs2)CCOCC1. The first kappa shape index (κ1) is 19.8. The van der Waals surface area contributed by atoms with Gasteiger partial charge in [0.25, 0.3) is 11.8 Å². The standard InChI is InChI=1S/C22H24N2O4S/c25-19(23-15-22(9-12-28-13-10-22)18-7-4-14-29-18)8-3-11-24-20(26)16-5-1-2-6-17(16)21(24)27/h1-2,4-7,14H,3,8-13,15H2,(H,23,25). The van der Waals surface area contributed by atoms with Crippen molar-refractivity contribution in [3.63, 3.8) is 0 Å². The summed E-state index contributed by atoms with van der Waals surface area (Å²) in [7, 11) is 0. The molecule has 29 heavy (non-hydrogen) atoms. The Labute approximate surface area is 173 Å². The molecule has 1 fully saturated rings. The van der Waals surface area contributed by atoms with Crippen LogP contribution in [0.15, 0.2) is 41.8 Å². The van der Waals surface area contributed by atoms with Crippen LogP contribution in [0.4, 0.5) is 0 Å². The highest BCUT2D eigenvalue weighted by molar-refractivity contribution is 7.10. The van der Waals surface area contributed by atoms with E-state index in [1.807, 2.05) is 6.07 Å². The zero-order chi connectivity index (χ0) is 20.3. The van der Waals surface area contributed by atoms with E-state index in [4.69, 9.17) is 4.74 Å². The highest BCUT2D eigenvalue weighted by Crippen LogP contribution is 2.37. The van der Waals surface area contributed by atoms with E-state index in [1.165, 1.54) is 9.78 Å². The lowest BCUT2D eigenvalue weighted by molar-refractivity contribution is -0.121. The fourth-order valence-corrected chi connectivity index (χ4v) is 5.04. The van der Waals surface area contributed by atoms with Crippen molar-refractivity contribution in [1.29, 1.82) is 0 Å². The van der Waals surface area contributed by atoms with Crippen molar-refractivity contribution in [2.45, 2.75) is 31.1 Å². The molecular formula is C22H24N2O4S. The predicted octanol–water partition coefficient (Wildman–Crippen LogP) is 2.99. The summed E-state index contributed by atoms with van der Waals surface area (Å²) < 4.78 is 5.52. The third kappa shape index (κ3) is 3.97. The number of hydrogen-bond donors (Lipinski definition) is 1. The molecule has 0 unspecified atom stereocenters. The van der Waals surface area contributed by atoms with Gasteiger partial charge in [0, 0.05) is 43.0 Å². The molecule has 1 N–H and O–H groups in total. The molecule has 2 aromatic rings. The van der Waals surface area contributed by atoms with Crippen molar-refractivity contribution in [2.24, 2.45) is 0 Å². The highest BCUT2D eigenvalue weighted by Gasteiger charge is 2.36. The van der Waals surface area contributed by atoms with Crippen LogP contribution < -0.4 is 5.32 Å². The van der Waals surface area contributed by atoms with Gasteiger partial charge in [-0.3, -0.25) is 19.3 Å². The van der Waals surface area contributed by atoms with Gasteiger partial charge in [0.05, 0.1) is 11.1 Å². The number of benzene rings is 1. The highest BCUT2D eigenvalue weighted by atomic mass is 32.1. The second-order valence-corrected chi connectivity index (χ2v) is 8.51. The van der Waals surface area contributed by atoms with Crippen LogP contribution in [-0.2, 0) is 14.9 Å². The van der Waals surface area contributed by atoms with E-state index in [1.54, 1.807) is 35.6 Å². The second-order valence-electron chi connectivity index (χ2n) is 7.56. The average molecular weight is 413 g/mol. The Morgan fingerprint density at radius 2 is 1.76 bits per heavy atom. The third-order valence-corrected chi connectivity index (χ3v) is 6.90. The van der Waals surface area contributed by atoms with E-state index in [2.05, 4.69) is 16.8 Å².